The lowest BCUT2D eigenvalue weighted by Crippen LogP contribution is -2.43. The minimum Gasteiger partial charge on any atom is -0.477 e. The van der Waals surface area contributed by atoms with Crippen LogP contribution in [-0.2, 0) is 4.79 Å². The van der Waals surface area contributed by atoms with Crippen LogP contribution in [0.3, 0.4) is 0 Å². The van der Waals surface area contributed by atoms with Crippen LogP contribution in [0, 0.1) is 0 Å². The van der Waals surface area contributed by atoms with Crippen LogP contribution in [0.4, 0.5) is 5.13 Å². The Labute approximate surface area is 103 Å². The molecule has 0 saturated carbocycles. The molecule has 0 aliphatic heterocycles. The second-order valence-electron chi connectivity index (χ2n) is 4.49. The number of anilines is 1. The summed E-state index contributed by atoms with van der Waals surface area (Å²) >= 11 is 0.999. The molecule has 1 amide bonds. The van der Waals surface area contributed by atoms with Crippen molar-refractivity contribution in [2.24, 2.45) is 0 Å². The standard InChI is InChI=1S/C10H15N3O3S/c1-10(2,3)13-7(14)5-12-9-11-4-6(17-9)8(15)16/h4H,5H2,1-3H3,(H,11,12)(H,13,14)(H,15,16). The van der Waals surface area contributed by atoms with Gasteiger partial charge in [-0.3, -0.25) is 4.79 Å². The number of hydrogen-bond donors (Lipinski definition) is 3. The van der Waals surface area contributed by atoms with Crippen molar-refractivity contribution in [3.63, 3.8) is 0 Å². The van der Waals surface area contributed by atoms with E-state index in [1.807, 2.05) is 20.8 Å². The number of carbonyl (C=O) groups is 2. The molecular formula is C10H15N3O3S. The molecule has 1 heterocycles. The fourth-order valence-corrected chi connectivity index (χ4v) is 1.72. The van der Waals surface area contributed by atoms with Crippen LogP contribution in [0.5, 0.6) is 0 Å². The Kier molecular flexibility index (Phi) is 4.06. The first-order valence-electron chi connectivity index (χ1n) is 5.02. The highest BCUT2D eigenvalue weighted by Gasteiger charge is 2.14. The number of aromatic carboxylic acids is 1. The summed E-state index contributed by atoms with van der Waals surface area (Å²) in [6.07, 6.45) is 1.26. The number of amides is 1. The van der Waals surface area contributed by atoms with Crippen molar-refractivity contribution < 1.29 is 14.7 Å². The van der Waals surface area contributed by atoms with Crippen molar-refractivity contribution in [2.75, 3.05) is 11.9 Å². The van der Waals surface area contributed by atoms with Crippen LogP contribution in [-0.4, -0.2) is 34.1 Å². The van der Waals surface area contributed by atoms with E-state index in [9.17, 15) is 9.59 Å². The van der Waals surface area contributed by atoms with Crippen molar-refractivity contribution in [3.05, 3.63) is 11.1 Å². The number of hydrogen-bond acceptors (Lipinski definition) is 5. The molecular weight excluding hydrogens is 242 g/mol. The van der Waals surface area contributed by atoms with Crippen LogP contribution >= 0.6 is 11.3 Å². The van der Waals surface area contributed by atoms with Gasteiger partial charge in [0.05, 0.1) is 12.7 Å². The fourth-order valence-electron chi connectivity index (χ4n) is 1.07. The highest BCUT2D eigenvalue weighted by atomic mass is 32.1. The number of nitrogens with zero attached hydrogens (tertiary/aromatic N) is 1. The summed E-state index contributed by atoms with van der Waals surface area (Å²) in [5, 5.41) is 14.7. The maximum absolute atomic E-state index is 11.5. The van der Waals surface area contributed by atoms with Crippen LogP contribution in [0.25, 0.3) is 0 Å². The highest BCUT2D eigenvalue weighted by Crippen LogP contribution is 2.17. The Bertz CT molecular complexity index is 423. The zero-order valence-electron chi connectivity index (χ0n) is 9.90. The van der Waals surface area contributed by atoms with Crippen molar-refractivity contribution in [2.45, 2.75) is 26.3 Å². The SMILES string of the molecule is CC(C)(C)NC(=O)CNc1ncc(C(=O)O)s1. The van der Waals surface area contributed by atoms with E-state index in [1.54, 1.807) is 0 Å². The first-order chi connectivity index (χ1) is 7.78. The first-order valence-corrected chi connectivity index (χ1v) is 5.83. The Morgan fingerprint density at radius 3 is 2.59 bits per heavy atom. The number of carboxylic acids is 1. The molecule has 0 bridgehead atoms. The van der Waals surface area contributed by atoms with Crippen LogP contribution in [0.1, 0.15) is 30.4 Å². The molecule has 1 aromatic rings. The van der Waals surface area contributed by atoms with Gasteiger partial charge in [0.15, 0.2) is 5.13 Å². The van der Waals surface area contributed by atoms with Gasteiger partial charge in [-0.05, 0) is 20.8 Å². The molecule has 1 aromatic heterocycles. The van der Waals surface area contributed by atoms with Crippen molar-refractivity contribution >= 4 is 28.3 Å². The average molecular weight is 257 g/mol. The molecule has 6 nitrogen and oxygen atoms in total. The van der Waals surface area contributed by atoms with Gasteiger partial charge in [-0.15, -0.1) is 0 Å². The van der Waals surface area contributed by atoms with E-state index in [0.717, 1.165) is 11.3 Å². The highest BCUT2D eigenvalue weighted by molar-refractivity contribution is 7.17. The molecule has 0 radical (unpaired) electrons. The van der Waals surface area contributed by atoms with E-state index in [-0.39, 0.29) is 22.9 Å². The van der Waals surface area contributed by atoms with Gasteiger partial charge in [0, 0.05) is 5.54 Å². The predicted molar refractivity (Wildman–Crippen MR) is 65.5 cm³/mol. The summed E-state index contributed by atoms with van der Waals surface area (Å²) in [5.41, 5.74) is -0.284. The van der Waals surface area contributed by atoms with E-state index in [2.05, 4.69) is 15.6 Å². The number of rotatable bonds is 4. The largest absolute Gasteiger partial charge is 0.477 e. The Morgan fingerprint density at radius 2 is 2.12 bits per heavy atom. The number of carboxylic acid groups (broad SMARTS) is 1. The lowest BCUT2D eigenvalue weighted by molar-refractivity contribution is -0.120. The second kappa shape index (κ2) is 5.13. The monoisotopic (exact) mass is 257 g/mol. The van der Waals surface area contributed by atoms with Crippen LogP contribution < -0.4 is 10.6 Å². The molecule has 0 aromatic carbocycles. The van der Waals surface area contributed by atoms with Gasteiger partial charge in [-0.25, -0.2) is 9.78 Å². The summed E-state index contributed by atoms with van der Waals surface area (Å²) in [5.74, 6) is -1.18. The molecule has 0 aliphatic rings. The van der Waals surface area contributed by atoms with Crippen LogP contribution in [0.15, 0.2) is 6.20 Å². The van der Waals surface area contributed by atoms with Crippen LogP contribution in [0.2, 0.25) is 0 Å². The molecule has 0 unspecified atom stereocenters. The van der Waals surface area contributed by atoms with Gasteiger partial charge in [0.2, 0.25) is 5.91 Å². The van der Waals surface area contributed by atoms with E-state index >= 15 is 0 Å². The second-order valence-corrected chi connectivity index (χ2v) is 5.52. The third-order valence-corrected chi connectivity index (χ3v) is 2.57. The minimum absolute atomic E-state index is 0.0733. The quantitative estimate of drug-likeness (QED) is 0.753. The third-order valence-electron chi connectivity index (χ3n) is 1.63. The number of carbonyl (C=O) groups excluding carboxylic acids is 1. The fraction of sp³-hybridized carbons (Fsp3) is 0.500. The topological polar surface area (TPSA) is 91.3 Å². The molecule has 0 saturated heterocycles. The summed E-state index contributed by atoms with van der Waals surface area (Å²) in [6.45, 7) is 5.73. The lowest BCUT2D eigenvalue weighted by atomic mass is 10.1. The summed E-state index contributed by atoms with van der Waals surface area (Å²) < 4.78 is 0. The van der Waals surface area contributed by atoms with Gasteiger partial charge in [-0.2, -0.15) is 0 Å². The number of thiazole rings is 1. The first kappa shape index (κ1) is 13.4. The summed E-state index contributed by atoms with van der Waals surface area (Å²) in [6, 6.07) is 0. The Morgan fingerprint density at radius 1 is 1.47 bits per heavy atom. The molecule has 0 atom stereocenters. The van der Waals surface area contributed by atoms with Crippen molar-refractivity contribution in [1.29, 1.82) is 0 Å². The zero-order valence-corrected chi connectivity index (χ0v) is 10.7. The summed E-state index contributed by atoms with van der Waals surface area (Å²) in [4.78, 5) is 26.1. The normalized spacial score (nSPS) is 11.0. The van der Waals surface area contributed by atoms with Gasteiger partial charge in [0.25, 0.3) is 0 Å². The smallest absolute Gasteiger partial charge is 0.347 e. The zero-order chi connectivity index (χ0) is 13.1. The van der Waals surface area contributed by atoms with Gasteiger partial charge >= 0.3 is 5.97 Å². The number of aromatic nitrogens is 1. The Balaban J connectivity index is 2.45. The molecule has 1 rings (SSSR count). The maximum Gasteiger partial charge on any atom is 0.347 e. The van der Waals surface area contributed by atoms with Crippen molar-refractivity contribution in [1.82, 2.24) is 10.3 Å². The average Bonchev–Trinajstić information content (AvgIpc) is 2.60. The summed E-state index contributed by atoms with van der Waals surface area (Å²) in [7, 11) is 0. The van der Waals surface area contributed by atoms with Gasteiger partial charge in [-0.1, -0.05) is 11.3 Å². The molecule has 0 fully saturated rings. The predicted octanol–water partition coefficient (Wildman–Crippen LogP) is 1.17. The maximum atomic E-state index is 11.5. The third kappa shape index (κ3) is 4.81. The molecule has 7 heteroatoms. The molecule has 0 spiro atoms. The van der Waals surface area contributed by atoms with E-state index in [4.69, 9.17) is 5.11 Å². The minimum atomic E-state index is -1.02. The molecule has 0 aliphatic carbocycles. The van der Waals surface area contributed by atoms with Crippen molar-refractivity contribution in [3.8, 4) is 0 Å². The van der Waals surface area contributed by atoms with Gasteiger partial charge < -0.3 is 15.7 Å². The van der Waals surface area contributed by atoms with E-state index < -0.39 is 5.97 Å². The molecule has 94 valence electrons. The Hall–Kier alpha value is -1.63. The van der Waals surface area contributed by atoms with E-state index in [1.165, 1.54) is 6.20 Å². The lowest BCUT2D eigenvalue weighted by Gasteiger charge is -2.20. The van der Waals surface area contributed by atoms with Gasteiger partial charge in [0.1, 0.15) is 4.88 Å². The molecule has 17 heavy (non-hydrogen) atoms. The molecule has 3 N–H and O–H groups in total. The number of nitrogens with one attached hydrogen (secondary N) is 2. The van der Waals surface area contributed by atoms with E-state index in [0.29, 0.717) is 5.13 Å².